The molecule has 0 aromatic heterocycles. The number of likely N-dealkylation sites (N-methyl/N-ethyl adjacent to an activating group) is 1. The maximum atomic E-state index is 13.1. The molecular formula is C23H29ClN2O3. The highest BCUT2D eigenvalue weighted by Gasteiger charge is 2.29. The predicted molar refractivity (Wildman–Crippen MR) is 116 cm³/mol. The normalized spacial score (nSPS) is 11.6. The van der Waals surface area contributed by atoms with Gasteiger partial charge in [0, 0.05) is 18.1 Å². The fourth-order valence-electron chi connectivity index (χ4n) is 3.21. The van der Waals surface area contributed by atoms with Gasteiger partial charge in [0.05, 0.1) is 0 Å². The lowest BCUT2D eigenvalue weighted by molar-refractivity contribution is -0.142. The van der Waals surface area contributed by atoms with Gasteiger partial charge in [0.1, 0.15) is 11.8 Å². The SMILES string of the molecule is CCNC(=O)[C@H](CC)N(Cc1ccccc1Cl)C(=O)COc1ccc(C)cc1C. The molecule has 1 N–H and O–H groups in total. The molecule has 0 aliphatic carbocycles. The van der Waals surface area contributed by atoms with Gasteiger partial charge in [-0.05, 0) is 50.5 Å². The van der Waals surface area contributed by atoms with Gasteiger partial charge in [0.15, 0.2) is 6.61 Å². The fraction of sp³-hybridized carbons (Fsp3) is 0.391. The van der Waals surface area contributed by atoms with Crippen LogP contribution >= 0.6 is 11.6 Å². The summed E-state index contributed by atoms with van der Waals surface area (Å²) < 4.78 is 5.78. The number of amides is 2. The molecule has 2 aromatic rings. The molecule has 0 aliphatic heterocycles. The van der Waals surface area contributed by atoms with Crippen LogP contribution in [0, 0.1) is 13.8 Å². The number of nitrogens with zero attached hydrogens (tertiary/aromatic N) is 1. The van der Waals surface area contributed by atoms with Crippen LogP contribution in [0.2, 0.25) is 5.02 Å². The topological polar surface area (TPSA) is 58.6 Å². The van der Waals surface area contributed by atoms with E-state index >= 15 is 0 Å². The predicted octanol–water partition coefficient (Wildman–Crippen LogP) is 4.28. The number of ether oxygens (including phenoxy) is 1. The molecule has 1 atom stereocenters. The Balaban J connectivity index is 2.23. The van der Waals surface area contributed by atoms with Gasteiger partial charge in [-0.15, -0.1) is 0 Å². The molecule has 0 bridgehead atoms. The second-order valence-electron chi connectivity index (χ2n) is 6.99. The first kappa shape index (κ1) is 22.8. The molecule has 0 spiro atoms. The zero-order valence-electron chi connectivity index (χ0n) is 17.5. The third kappa shape index (κ3) is 6.23. The number of carbonyl (C=O) groups is 2. The number of carbonyl (C=O) groups excluding carboxylic acids is 2. The van der Waals surface area contributed by atoms with E-state index in [9.17, 15) is 9.59 Å². The van der Waals surface area contributed by atoms with E-state index in [1.807, 2.05) is 64.1 Å². The van der Waals surface area contributed by atoms with Crippen LogP contribution in [0.3, 0.4) is 0 Å². The number of hydrogen-bond donors (Lipinski definition) is 1. The van der Waals surface area contributed by atoms with Crippen LogP contribution in [0.5, 0.6) is 5.75 Å². The Hall–Kier alpha value is -2.53. The van der Waals surface area contributed by atoms with Gasteiger partial charge < -0.3 is 15.0 Å². The summed E-state index contributed by atoms with van der Waals surface area (Å²) in [5, 5.41) is 3.38. The number of halogens is 1. The molecule has 0 heterocycles. The number of benzene rings is 2. The highest BCUT2D eigenvalue weighted by Crippen LogP contribution is 2.21. The molecule has 6 heteroatoms. The van der Waals surface area contributed by atoms with Crippen molar-refractivity contribution in [2.75, 3.05) is 13.2 Å². The quantitative estimate of drug-likeness (QED) is 0.663. The van der Waals surface area contributed by atoms with Crippen LogP contribution in [0.1, 0.15) is 37.0 Å². The second kappa shape index (κ2) is 10.9. The molecule has 29 heavy (non-hydrogen) atoms. The van der Waals surface area contributed by atoms with Gasteiger partial charge >= 0.3 is 0 Å². The Morgan fingerprint density at radius 1 is 1.14 bits per heavy atom. The van der Waals surface area contributed by atoms with Crippen molar-refractivity contribution in [1.29, 1.82) is 0 Å². The highest BCUT2D eigenvalue weighted by molar-refractivity contribution is 6.31. The molecule has 0 aliphatic rings. The molecule has 2 amide bonds. The molecule has 156 valence electrons. The summed E-state index contributed by atoms with van der Waals surface area (Å²) in [7, 11) is 0. The average Bonchev–Trinajstić information content (AvgIpc) is 2.68. The summed E-state index contributed by atoms with van der Waals surface area (Å²) in [5.74, 6) is 0.220. The lowest BCUT2D eigenvalue weighted by Crippen LogP contribution is -2.50. The minimum Gasteiger partial charge on any atom is -0.483 e. The Morgan fingerprint density at radius 2 is 1.86 bits per heavy atom. The summed E-state index contributed by atoms with van der Waals surface area (Å²) in [6.07, 6.45) is 0.492. The monoisotopic (exact) mass is 416 g/mol. The van der Waals surface area contributed by atoms with Gasteiger partial charge in [-0.1, -0.05) is 54.4 Å². The molecule has 0 saturated carbocycles. The van der Waals surface area contributed by atoms with Crippen molar-refractivity contribution in [2.45, 2.75) is 46.7 Å². The van der Waals surface area contributed by atoms with E-state index in [0.29, 0.717) is 23.7 Å². The van der Waals surface area contributed by atoms with E-state index in [1.54, 1.807) is 11.0 Å². The van der Waals surface area contributed by atoms with Crippen molar-refractivity contribution in [1.82, 2.24) is 10.2 Å². The van der Waals surface area contributed by atoms with E-state index < -0.39 is 6.04 Å². The third-order valence-corrected chi connectivity index (χ3v) is 5.09. The number of rotatable bonds is 9. The highest BCUT2D eigenvalue weighted by atomic mass is 35.5. The smallest absolute Gasteiger partial charge is 0.261 e. The molecule has 2 rings (SSSR count). The summed E-state index contributed by atoms with van der Waals surface area (Å²) in [6, 6.07) is 12.5. The minimum atomic E-state index is -0.596. The Labute approximate surface area is 178 Å². The van der Waals surface area contributed by atoms with Crippen LogP contribution in [0.15, 0.2) is 42.5 Å². The van der Waals surface area contributed by atoms with Crippen molar-refractivity contribution >= 4 is 23.4 Å². The van der Waals surface area contributed by atoms with E-state index in [2.05, 4.69) is 5.32 Å². The van der Waals surface area contributed by atoms with Gasteiger partial charge in [-0.25, -0.2) is 0 Å². The first-order valence-electron chi connectivity index (χ1n) is 9.88. The van der Waals surface area contributed by atoms with Gasteiger partial charge in [0.2, 0.25) is 5.91 Å². The number of aryl methyl sites for hydroxylation is 2. The Morgan fingerprint density at radius 3 is 2.48 bits per heavy atom. The third-order valence-electron chi connectivity index (χ3n) is 4.72. The average molecular weight is 417 g/mol. The van der Waals surface area contributed by atoms with E-state index in [1.165, 1.54) is 0 Å². The van der Waals surface area contributed by atoms with Crippen LogP contribution < -0.4 is 10.1 Å². The molecule has 5 nitrogen and oxygen atoms in total. The Kier molecular flexibility index (Phi) is 8.52. The molecule has 0 unspecified atom stereocenters. The number of nitrogens with one attached hydrogen (secondary N) is 1. The van der Waals surface area contributed by atoms with Crippen LogP contribution in [-0.2, 0) is 16.1 Å². The lowest BCUT2D eigenvalue weighted by atomic mass is 10.1. The van der Waals surface area contributed by atoms with Crippen LogP contribution in [0.25, 0.3) is 0 Å². The van der Waals surface area contributed by atoms with E-state index in [4.69, 9.17) is 16.3 Å². The Bertz CT molecular complexity index is 854. The van der Waals surface area contributed by atoms with E-state index in [-0.39, 0.29) is 25.0 Å². The van der Waals surface area contributed by atoms with E-state index in [0.717, 1.165) is 16.7 Å². The van der Waals surface area contributed by atoms with Crippen molar-refractivity contribution < 1.29 is 14.3 Å². The summed E-state index contributed by atoms with van der Waals surface area (Å²) in [4.78, 5) is 27.2. The van der Waals surface area contributed by atoms with Crippen LogP contribution in [-0.4, -0.2) is 35.9 Å². The van der Waals surface area contributed by atoms with Crippen molar-refractivity contribution in [3.8, 4) is 5.75 Å². The van der Waals surface area contributed by atoms with Crippen molar-refractivity contribution in [2.24, 2.45) is 0 Å². The summed E-state index contributed by atoms with van der Waals surface area (Å²) in [6.45, 7) is 8.28. The van der Waals surface area contributed by atoms with Crippen molar-refractivity contribution in [3.63, 3.8) is 0 Å². The molecule has 2 aromatic carbocycles. The second-order valence-corrected chi connectivity index (χ2v) is 7.40. The first-order chi connectivity index (χ1) is 13.9. The maximum absolute atomic E-state index is 13.1. The van der Waals surface area contributed by atoms with Crippen LogP contribution in [0.4, 0.5) is 0 Å². The molecule has 0 radical (unpaired) electrons. The summed E-state index contributed by atoms with van der Waals surface area (Å²) in [5.41, 5.74) is 2.88. The van der Waals surface area contributed by atoms with Gasteiger partial charge in [0.25, 0.3) is 5.91 Å². The summed E-state index contributed by atoms with van der Waals surface area (Å²) >= 11 is 6.30. The van der Waals surface area contributed by atoms with Gasteiger partial charge in [-0.3, -0.25) is 9.59 Å². The fourth-order valence-corrected chi connectivity index (χ4v) is 3.40. The lowest BCUT2D eigenvalue weighted by Gasteiger charge is -2.30. The zero-order chi connectivity index (χ0) is 21.4. The molecular weight excluding hydrogens is 388 g/mol. The molecule has 0 saturated heterocycles. The standard InChI is InChI=1S/C23H29ClN2O3/c1-5-20(23(28)25-6-2)26(14-18-9-7-8-10-19(18)24)22(27)15-29-21-12-11-16(3)13-17(21)4/h7-13,20H,5-6,14-15H2,1-4H3,(H,25,28)/t20-/m0/s1. The first-order valence-corrected chi connectivity index (χ1v) is 10.3. The zero-order valence-corrected chi connectivity index (χ0v) is 18.3. The molecule has 0 fully saturated rings. The van der Waals surface area contributed by atoms with Gasteiger partial charge in [-0.2, -0.15) is 0 Å². The number of hydrogen-bond acceptors (Lipinski definition) is 3. The maximum Gasteiger partial charge on any atom is 0.261 e. The largest absolute Gasteiger partial charge is 0.483 e. The minimum absolute atomic E-state index is 0.149. The van der Waals surface area contributed by atoms with Crippen molar-refractivity contribution in [3.05, 3.63) is 64.2 Å².